The van der Waals surface area contributed by atoms with Gasteiger partial charge in [-0.1, -0.05) is 164 Å². The summed E-state index contributed by atoms with van der Waals surface area (Å²) in [4.78, 5) is 13.1. The van der Waals surface area contributed by atoms with Crippen molar-refractivity contribution in [3.63, 3.8) is 0 Å². The summed E-state index contributed by atoms with van der Waals surface area (Å²) in [5, 5.41) is 10.0. The molecule has 11 rings (SSSR count). The normalized spacial score (nSPS) is 14.5. The van der Waals surface area contributed by atoms with Crippen LogP contribution < -0.4 is 0 Å². The molecule has 0 bridgehead atoms. The van der Waals surface area contributed by atoms with Crippen molar-refractivity contribution in [2.75, 3.05) is 7.05 Å². The van der Waals surface area contributed by atoms with Gasteiger partial charge in [-0.05, 0) is 84.4 Å². The van der Waals surface area contributed by atoms with E-state index in [0.29, 0.717) is 0 Å². The molecule has 3 nitrogen and oxygen atoms in total. The van der Waals surface area contributed by atoms with Crippen molar-refractivity contribution in [3.05, 3.63) is 205 Å². The van der Waals surface area contributed by atoms with Crippen LogP contribution in [0.25, 0.3) is 74.7 Å². The maximum atomic E-state index is 5.48. The fourth-order valence-electron chi connectivity index (χ4n) is 8.58. The maximum absolute atomic E-state index is 5.48. The second-order valence-electron chi connectivity index (χ2n) is 14.6. The van der Waals surface area contributed by atoms with Gasteiger partial charge in [0, 0.05) is 38.3 Å². The van der Waals surface area contributed by atoms with Gasteiger partial charge >= 0.3 is 0 Å². The standard InChI is InChI=1S/C52H35N3S/c1-55-51(35-29-27-34(28-30-35)47-32-37-14-3-5-19-41(37)42-20-6-7-21-43(42)47)53-50(46-25-12-24-45-44-22-8-9-26-48(44)56-49(45)46)54-52(55)38-17-10-16-36(31-38)40-23-11-15-33-13-2-4-18-39(33)40/h2-32,51H,1H3. The van der Waals surface area contributed by atoms with E-state index in [4.69, 9.17) is 9.98 Å². The summed E-state index contributed by atoms with van der Waals surface area (Å²) in [5.74, 6) is 1.64. The highest BCUT2D eigenvalue weighted by Crippen LogP contribution is 2.40. The van der Waals surface area contributed by atoms with Crippen LogP contribution in [0.15, 0.2) is 198 Å². The van der Waals surface area contributed by atoms with Crippen molar-refractivity contribution >= 4 is 75.5 Å². The van der Waals surface area contributed by atoms with Crippen LogP contribution in [-0.4, -0.2) is 23.6 Å². The zero-order valence-corrected chi connectivity index (χ0v) is 31.5. The third kappa shape index (κ3) is 5.33. The number of benzene rings is 9. The van der Waals surface area contributed by atoms with Gasteiger partial charge in [-0.15, -0.1) is 11.3 Å². The molecule has 4 heteroatoms. The van der Waals surface area contributed by atoms with E-state index in [0.717, 1.165) is 33.9 Å². The van der Waals surface area contributed by atoms with Crippen LogP contribution in [0.4, 0.5) is 0 Å². The van der Waals surface area contributed by atoms with E-state index in [1.165, 1.54) is 69.2 Å². The summed E-state index contributed by atoms with van der Waals surface area (Å²) < 4.78 is 2.48. The molecule has 1 aliphatic rings. The summed E-state index contributed by atoms with van der Waals surface area (Å²) in [7, 11) is 2.12. The molecule has 9 aromatic carbocycles. The topological polar surface area (TPSA) is 28.0 Å². The van der Waals surface area contributed by atoms with Crippen LogP contribution in [0, 0.1) is 0 Å². The van der Waals surface area contributed by atoms with Crippen molar-refractivity contribution in [3.8, 4) is 22.3 Å². The van der Waals surface area contributed by atoms with Crippen LogP contribution in [-0.2, 0) is 0 Å². The number of amidine groups is 2. The van der Waals surface area contributed by atoms with E-state index in [1.54, 1.807) is 0 Å². The van der Waals surface area contributed by atoms with Crippen molar-refractivity contribution in [1.29, 1.82) is 0 Å². The van der Waals surface area contributed by atoms with Gasteiger partial charge in [0.15, 0.2) is 5.84 Å². The van der Waals surface area contributed by atoms with Gasteiger partial charge in [-0.3, -0.25) is 0 Å². The van der Waals surface area contributed by atoms with Crippen LogP contribution in [0.3, 0.4) is 0 Å². The molecule has 0 fully saturated rings. The molecule has 56 heavy (non-hydrogen) atoms. The number of hydrogen-bond acceptors (Lipinski definition) is 4. The first kappa shape index (κ1) is 32.5. The number of fused-ring (bicyclic) bond motifs is 7. The van der Waals surface area contributed by atoms with Gasteiger partial charge in [-0.25, -0.2) is 9.98 Å². The summed E-state index contributed by atoms with van der Waals surface area (Å²) in [6.45, 7) is 0. The smallest absolute Gasteiger partial charge is 0.160 e. The van der Waals surface area contributed by atoms with Crippen molar-refractivity contribution in [2.45, 2.75) is 6.17 Å². The Morgan fingerprint density at radius 3 is 1.93 bits per heavy atom. The molecular weight excluding hydrogens is 699 g/mol. The van der Waals surface area contributed by atoms with Gasteiger partial charge in [-0.2, -0.15) is 0 Å². The monoisotopic (exact) mass is 733 g/mol. The van der Waals surface area contributed by atoms with Gasteiger partial charge in [0.25, 0.3) is 0 Å². The zero-order chi connectivity index (χ0) is 37.2. The second-order valence-corrected chi connectivity index (χ2v) is 15.6. The number of thiophene rings is 1. The van der Waals surface area contributed by atoms with E-state index in [1.807, 2.05) is 11.3 Å². The van der Waals surface area contributed by atoms with Crippen LogP contribution in [0.2, 0.25) is 0 Å². The lowest BCUT2D eigenvalue weighted by Crippen LogP contribution is -2.35. The Hall–Kier alpha value is -6.88. The lowest BCUT2D eigenvalue weighted by molar-refractivity contribution is 0.383. The highest BCUT2D eigenvalue weighted by Gasteiger charge is 2.28. The fraction of sp³-hybridized carbons (Fsp3) is 0.0385. The van der Waals surface area contributed by atoms with Gasteiger partial charge in [0.1, 0.15) is 12.0 Å². The Bertz CT molecular complexity index is 3220. The Kier molecular flexibility index (Phi) is 7.64. The Morgan fingerprint density at radius 1 is 0.446 bits per heavy atom. The molecule has 1 unspecified atom stereocenters. The zero-order valence-electron chi connectivity index (χ0n) is 30.7. The number of nitrogens with zero attached hydrogens (tertiary/aromatic N) is 3. The minimum Gasteiger partial charge on any atom is -0.333 e. The van der Waals surface area contributed by atoms with E-state index < -0.39 is 0 Å². The van der Waals surface area contributed by atoms with E-state index in [-0.39, 0.29) is 6.17 Å². The maximum Gasteiger partial charge on any atom is 0.160 e. The van der Waals surface area contributed by atoms with E-state index in [2.05, 4.69) is 200 Å². The summed E-state index contributed by atoms with van der Waals surface area (Å²) in [5.41, 5.74) is 8.01. The first-order valence-electron chi connectivity index (χ1n) is 19.1. The van der Waals surface area contributed by atoms with Gasteiger partial charge in [0.2, 0.25) is 0 Å². The molecule has 0 spiro atoms. The lowest BCUT2D eigenvalue weighted by Gasteiger charge is -2.32. The minimum absolute atomic E-state index is 0.286. The van der Waals surface area contributed by atoms with Crippen molar-refractivity contribution < 1.29 is 0 Å². The molecule has 2 heterocycles. The Balaban J connectivity index is 1.06. The average molecular weight is 734 g/mol. The van der Waals surface area contributed by atoms with Crippen LogP contribution in [0.1, 0.15) is 22.9 Å². The van der Waals surface area contributed by atoms with Crippen molar-refractivity contribution in [2.24, 2.45) is 9.98 Å². The Morgan fingerprint density at radius 2 is 1.07 bits per heavy atom. The molecule has 0 N–H and O–H groups in total. The fourth-order valence-corrected chi connectivity index (χ4v) is 9.79. The molecule has 1 atom stereocenters. The predicted octanol–water partition coefficient (Wildman–Crippen LogP) is 13.7. The molecule has 0 amide bonds. The van der Waals surface area contributed by atoms with Gasteiger partial charge in [0.05, 0.1) is 0 Å². The first-order chi connectivity index (χ1) is 27.7. The predicted molar refractivity (Wildman–Crippen MR) is 239 cm³/mol. The number of rotatable bonds is 5. The molecule has 1 aromatic heterocycles. The molecule has 1 aliphatic heterocycles. The largest absolute Gasteiger partial charge is 0.333 e. The van der Waals surface area contributed by atoms with Gasteiger partial charge < -0.3 is 4.90 Å². The average Bonchev–Trinajstić information content (AvgIpc) is 3.65. The van der Waals surface area contributed by atoms with Crippen molar-refractivity contribution in [1.82, 2.24) is 4.90 Å². The number of hydrogen-bond donors (Lipinski definition) is 0. The number of aliphatic imine (C=N–C) groups is 2. The Labute approximate surface area is 329 Å². The minimum atomic E-state index is -0.286. The SMILES string of the molecule is CN1C(c2cccc(-c3cccc4ccccc34)c2)=NC(c2cccc3c2sc2ccccc23)=NC1c1ccc(-c2cc3ccccc3c3ccccc23)cc1. The summed E-state index contributed by atoms with van der Waals surface area (Å²) in [6.07, 6.45) is -0.286. The molecule has 264 valence electrons. The highest BCUT2D eigenvalue weighted by molar-refractivity contribution is 7.26. The lowest BCUT2D eigenvalue weighted by atomic mass is 9.92. The third-order valence-electron chi connectivity index (χ3n) is 11.3. The summed E-state index contributed by atoms with van der Waals surface area (Å²) >= 11 is 1.82. The first-order valence-corrected chi connectivity index (χ1v) is 19.9. The van der Waals surface area contributed by atoms with E-state index >= 15 is 0 Å². The van der Waals surface area contributed by atoms with E-state index in [9.17, 15) is 0 Å². The summed E-state index contributed by atoms with van der Waals surface area (Å²) in [6, 6.07) is 67.9. The highest BCUT2D eigenvalue weighted by atomic mass is 32.1. The van der Waals surface area contributed by atoms with Crippen LogP contribution >= 0.6 is 11.3 Å². The van der Waals surface area contributed by atoms with Crippen LogP contribution in [0.5, 0.6) is 0 Å². The molecule has 10 aromatic rings. The molecule has 0 saturated carbocycles. The quantitative estimate of drug-likeness (QED) is 0.162. The second kappa shape index (κ2) is 13.2. The third-order valence-corrected chi connectivity index (χ3v) is 12.5. The molecule has 0 aliphatic carbocycles. The molecule has 0 saturated heterocycles. The molecule has 0 radical (unpaired) electrons. The molecular formula is C52H35N3S.